The standard InChI is InChI=1S/C16H25N3O2/c1-16(2,3)21-15(20)18-14-7-5-9-19(12-14)11-13-6-4-8-17-10-13/h4,6,8,10,14H,5,7,9,11-12H2,1-3H3,(H,18,20)/t14-/m1/s1. The molecule has 1 aliphatic rings. The van der Waals surface area contributed by atoms with Crippen molar-refractivity contribution in [2.45, 2.75) is 51.8 Å². The van der Waals surface area contributed by atoms with E-state index in [2.05, 4.69) is 21.3 Å². The van der Waals surface area contributed by atoms with E-state index < -0.39 is 5.60 Å². The van der Waals surface area contributed by atoms with Crippen LogP contribution < -0.4 is 5.32 Å². The number of piperidine rings is 1. The van der Waals surface area contributed by atoms with Crippen LogP contribution in [0.2, 0.25) is 0 Å². The molecule has 0 spiro atoms. The van der Waals surface area contributed by atoms with Crippen LogP contribution in [0.5, 0.6) is 0 Å². The van der Waals surface area contributed by atoms with Crippen LogP contribution in [-0.2, 0) is 11.3 Å². The number of rotatable bonds is 3. The molecule has 1 N–H and O–H groups in total. The molecule has 1 atom stereocenters. The molecular formula is C16H25N3O2. The molecule has 5 heteroatoms. The van der Waals surface area contributed by atoms with Crippen molar-refractivity contribution in [2.24, 2.45) is 0 Å². The lowest BCUT2D eigenvalue weighted by Gasteiger charge is -2.33. The number of nitrogens with zero attached hydrogens (tertiary/aromatic N) is 2. The first-order valence-corrected chi connectivity index (χ1v) is 7.53. The van der Waals surface area contributed by atoms with Crippen molar-refractivity contribution in [3.05, 3.63) is 30.1 Å². The van der Waals surface area contributed by atoms with Crippen LogP contribution in [0, 0.1) is 0 Å². The molecule has 0 aliphatic carbocycles. The zero-order valence-electron chi connectivity index (χ0n) is 13.1. The first-order valence-electron chi connectivity index (χ1n) is 7.53. The van der Waals surface area contributed by atoms with Crippen molar-refractivity contribution in [3.8, 4) is 0 Å². The second kappa shape index (κ2) is 6.89. The van der Waals surface area contributed by atoms with Crippen LogP contribution in [0.4, 0.5) is 4.79 Å². The van der Waals surface area contributed by atoms with Gasteiger partial charge in [0.15, 0.2) is 0 Å². The summed E-state index contributed by atoms with van der Waals surface area (Å²) in [6, 6.07) is 4.19. The lowest BCUT2D eigenvalue weighted by Crippen LogP contribution is -2.48. The van der Waals surface area contributed by atoms with Gasteiger partial charge < -0.3 is 10.1 Å². The minimum Gasteiger partial charge on any atom is -0.444 e. The van der Waals surface area contributed by atoms with E-state index in [1.165, 1.54) is 5.56 Å². The second-order valence-corrected chi connectivity index (χ2v) is 6.58. The molecule has 21 heavy (non-hydrogen) atoms. The van der Waals surface area contributed by atoms with Crippen LogP contribution in [0.15, 0.2) is 24.5 Å². The molecule has 1 fully saturated rings. The SMILES string of the molecule is CC(C)(C)OC(=O)N[C@@H]1CCCN(Cc2cccnc2)C1. The maximum absolute atomic E-state index is 11.8. The fraction of sp³-hybridized carbons (Fsp3) is 0.625. The molecule has 0 radical (unpaired) electrons. The summed E-state index contributed by atoms with van der Waals surface area (Å²) in [4.78, 5) is 18.3. The number of alkyl carbamates (subject to hydrolysis) is 1. The van der Waals surface area contributed by atoms with Crippen molar-refractivity contribution in [2.75, 3.05) is 13.1 Å². The molecule has 116 valence electrons. The van der Waals surface area contributed by atoms with E-state index in [0.29, 0.717) is 0 Å². The summed E-state index contributed by atoms with van der Waals surface area (Å²) >= 11 is 0. The van der Waals surface area contributed by atoms with Crippen LogP contribution >= 0.6 is 0 Å². The summed E-state index contributed by atoms with van der Waals surface area (Å²) in [7, 11) is 0. The van der Waals surface area contributed by atoms with Gasteiger partial charge in [-0.2, -0.15) is 0 Å². The average Bonchev–Trinajstić information content (AvgIpc) is 2.38. The Bertz CT molecular complexity index is 456. The van der Waals surface area contributed by atoms with Crippen molar-refractivity contribution >= 4 is 6.09 Å². The summed E-state index contributed by atoms with van der Waals surface area (Å²) < 4.78 is 5.32. The molecule has 2 heterocycles. The van der Waals surface area contributed by atoms with E-state index >= 15 is 0 Å². The number of ether oxygens (including phenoxy) is 1. The van der Waals surface area contributed by atoms with Crippen molar-refractivity contribution in [3.63, 3.8) is 0 Å². The molecule has 1 amide bonds. The third-order valence-corrected chi connectivity index (χ3v) is 3.36. The van der Waals surface area contributed by atoms with Crippen molar-refractivity contribution in [1.29, 1.82) is 0 Å². The lowest BCUT2D eigenvalue weighted by molar-refractivity contribution is 0.0470. The van der Waals surface area contributed by atoms with E-state index in [1.807, 2.05) is 33.0 Å². The Hall–Kier alpha value is -1.62. The maximum Gasteiger partial charge on any atom is 0.407 e. The predicted molar refractivity (Wildman–Crippen MR) is 81.9 cm³/mol. The highest BCUT2D eigenvalue weighted by Gasteiger charge is 2.24. The van der Waals surface area contributed by atoms with Crippen molar-refractivity contribution < 1.29 is 9.53 Å². The van der Waals surface area contributed by atoms with Gasteiger partial charge in [0.1, 0.15) is 5.60 Å². The van der Waals surface area contributed by atoms with Gasteiger partial charge in [0.05, 0.1) is 0 Å². The summed E-state index contributed by atoms with van der Waals surface area (Å²) in [6.45, 7) is 8.42. The minimum absolute atomic E-state index is 0.158. The molecule has 0 unspecified atom stereocenters. The Balaban J connectivity index is 1.82. The number of hydrogen-bond acceptors (Lipinski definition) is 4. The van der Waals surface area contributed by atoms with E-state index in [-0.39, 0.29) is 12.1 Å². The number of hydrogen-bond donors (Lipinski definition) is 1. The van der Waals surface area contributed by atoms with Crippen LogP contribution in [0.3, 0.4) is 0 Å². The molecule has 5 nitrogen and oxygen atoms in total. The first kappa shape index (κ1) is 15.8. The number of pyridine rings is 1. The highest BCUT2D eigenvalue weighted by molar-refractivity contribution is 5.68. The summed E-state index contributed by atoms with van der Waals surface area (Å²) in [5, 5.41) is 2.97. The smallest absolute Gasteiger partial charge is 0.407 e. The van der Waals surface area contributed by atoms with Crippen molar-refractivity contribution in [1.82, 2.24) is 15.2 Å². The lowest BCUT2D eigenvalue weighted by atomic mass is 10.1. The average molecular weight is 291 g/mol. The Labute approximate surface area is 126 Å². The largest absolute Gasteiger partial charge is 0.444 e. The van der Waals surface area contributed by atoms with Crippen LogP contribution in [0.1, 0.15) is 39.2 Å². The zero-order valence-corrected chi connectivity index (χ0v) is 13.1. The van der Waals surface area contributed by atoms with Crippen LogP contribution in [-0.4, -0.2) is 40.7 Å². The van der Waals surface area contributed by atoms with E-state index in [1.54, 1.807) is 6.20 Å². The highest BCUT2D eigenvalue weighted by Crippen LogP contribution is 2.14. The fourth-order valence-electron chi connectivity index (χ4n) is 2.54. The molecule has 1 aliphatic heterocycles. The Morgan fingerprint density at radius 3 is 3.00 bits per heavy atom. The molecule has 1 saturated heterocycles. The molecule has 1 aromatic heterocycles. The summed E-state index contributed by atoms with van der Waals surface area (Å²) in [5.74, 6) is 0. The number of amides is 1. The first-order chi connectivity index (χ1) is 9.92. The quantitative estimate of drug-likeness (QED) is 0.930. The van der Waals surface area contributed by atoms with Gasteiger partial charge in [-0.05, 0) is 51.8 Å². The molecule has 2 rings (SSSR count). The van der Waals surface area contributed by atoms with Gasteiger partial charge in [-0.15, -0.1) is 0 Å². The number of carbonyl (C=O) groups is 1. The van der Waals surface area contributed by atoms with Gasteiger partial charge in [0.2, 0.25) is 0 Å². The molecule has 0 aromatic carbocycles. The van der Waals surface area contributed by atoms with E-state index in [0.717, 1.165) is 32.5 Å². The summed E-state index contributed by atoms with van der Waals surface area (Å²) in [6.07, 6.45) is 5.44. The minimum atomic E-state index is -0.450. The summed E-state index contributed by atoms with van der Waals surface area (Å²) in [5.41, 5.74) is 0.754. The van der Waals surface area contributed by atoms with Gasteiger partial charge in [-0.25, -0.2) is 4.79 Å². The Morgan fingerprint density at radius 1 is 1.52 bits per heavy atom. The monoisotopic (exact) mass is 291 g/mol. The number of nitrogens with one attached hydrogen (secondary N) is 1. The topological polar surface area (TPSA) is 54.5 Å². The number of carbonyl (C=O) groups excluding carboxylic acids is 1. The highest BCUT2D eigenvalue weighted by atomic mass is 16.6. The number of aromatic nitrogens is 1. The second-order valence-electron chi connectivity index (χ2n) is 6.58. The molecule has 0 bridgehead atoms. The molecule has 1 aromatic rings. The predicted octanol–water partition coefficient (Wildman–Crippen LogP) is 2.57. The fourth-order valence-corrected chi connectivity index (χ4v) is 2.54. The van der Waals surface area contributed by atoms with E-state index in [4.69, 9.17) is 4.74 Å². The van der Waals surface area contributed by atoms with Gasteiger partial charge in [0, 0.05) is 31.5 Å². The Morgan fingerprint density at radius 2 is 2.33 bits per heavy atom. The Kier molecular flexibility index (Phi) is 5.17. The van der Waals surface area contributed by atoms with Gasteiger partial charge in [-0.1, -0.05) is 6.07 Å². The molecule has 0 saturated carbocycles. The molecular weight excluding hydrogens is 266 g/mol. The van der Waals surface area contributed by atoms with Gasteiger partial charge in [0.25, 0.3) is 0 Å². The maximum atomic E-state index is 11.8. The van der Waals surface area contributed by atoms with E-state index in [9.17, 15) is 4.79 Å². The third-order valence-electron chi connectivity index (χ3n) is 3.36. The third kappa shape index (κ3) is 5.71. The van der Waals surface area contributed by atoms with Gasteiger partial charge in [-0.3, -0.25) is 9.88 Å². The number of likely N-dealkylation sites (tertiary alicyclic amines) is 1. The zero-order chi connectivity index (χ0) is 15.3. The van der Waals surface area contributed by atoms with Gasteiger partial charge >= 0.3 is 6.09 Å². The van der Waals surface area contributed by atoms with Crippen LogP contribution in [0.25, 0.3) is 0 Å². The normalized spacial score (nSPS) is 20.0.